The molecule has 0 unspecified atom stereocenters. The first-order valence-corrected chi connectivity index (χ1v) is 11.8. The summed E-state index contributed by atoms with van der Waals surface area (Å²) in [7, 11) is 0. The number of unbranched alkanes of at least 4 members (excludes halogenated alkanes) is 10. The Morgan fingerprint density at radius 1 is 1.07 bits per heavy atom. The topological polar surface area (TPSA) is 50.7 Å². The average molecular weight is 465 g/mol. The second-order valence-corrected chi connectivity index (χ2v) is 8.28. The number of hydrogen-bond donors (Lipinski definition) is 1. The molecule has 1 rings (SSSR count). The Balaban J connectivity index is 2.14. The van der Waals surface area contributed by atoms with Gasteiger partial charge in [-0.15, -0.1) is 0 Å². The number of rotatable bonds is 17. The number of ether oxygens (including phenoxy) is 1. The number of carbonyl (C=O) groups is 1. The molecule has 0 fully saturated rings. The first-order valence-electron chi connectivity index (χ1n) is 11.0. The lowest BCUT2D eigenvalue weighted by Gasteiger charge is -2.07. The Bertz CT molecular complexity index is 617. The zero-order valence-corrected chi connectivity index (χ0v) is 19.5. The van der Waals surface area contributed by atoms with Crippen molar-refractivity contribution >= 4 is 28.1 Å². The van der Waals surface area contributed by atoms with Gasteiger partial charge in [-0.25, -0.2) is 5.43 Å². The van der Waals surface area contributed by atoms with Gasteiger partial charge in [0.25, 0.3) is 0 Å². The summed E-state index contributed by atoms with van der Waals surface area (Å²) in [5.74, 6) is 0.664. The van der Waals surface area contributed by atoms with E-state index in [2.05, 4.69) is 40.0 Å². The first kappa shape index (κ1) is 25.4. The van der Waals surface area contributed by atoms with Crippen LogP contribution in [0.3, 0.4) is 0 Å². The molecule has 0 saturated heterocycles. The molecule has 1 aromatic carbocycles. The van der Waals surface area contributed by atoms with Crippen molar-refractivity contribution in [2.24, 2.45) is 5.10 Å². The van der Waals surface area contributed by atoms with Crippen molar-refractivity contribution in [1.29, 1.82) is 0 Å². The molecule has 0 saturated carbocycles. The summed E-state index contributed by atoms with van der Waals surface area (Å²) in [4.78, 5) is 11.9. The zero-order chi connectivity index (χ0) is 21.2. The van der Waals surface area contributed by atoms with E-state index in [0.29, 0.717) is 18.8 Å². The molecule has 0 bridgehead atoms. The van der Waals surface area contributed by atoms with Crippen LogP contribution in [0, 0.1) is 0 Å². The maximum absolute atomic E-state index is 11.9. The van der Waals surface area contributed by atoms with Gasteiger partial charge >= 0.3 is 0 Å². The summed E-state index contributed by atoms with van der Waals surface area (Å²) >= 11 is 3.44. The molecular formula is C24H37BrN2O2. The van der Waals surface area contributed by atoms with Crippen LogP contribution in [0.4, 0.5) is 0 Å². The first-order chi connectivity index (χ1) is 14.2. The van der Waals surface area contributed by atoms with Gasteiger partial charge in [-0.05, 0) is 24.6 Å². The maximum Gasteiger partial charge on any atom is 0.240 e. The molecule has 1 amide bonds. The fourth-order valence-corrected chi connectivity index (χ4v) is 3.46. The van der Waals surface area contributed by atoms with Crippen molar-refractivity contribution in [3.8, 4) is 5.75 Å². The number of hydrogen-bond acceptors (Lipinski definition) is 3. The van der Waals surface area contributed by atoms with Crippen LogP contribution in [-0.2, 0) is 4.79 Å². The fourth-order valence-electron chi connectivity index (χ4n) is 3.08. The average Bonchev–Trinajstić information content (AvgIpc) is 2.71. The molecule has 0 aliphatic rings. The molecule has 4 nitrogen and oxygen atoms in total. The zero-order valence-electron chi connectivity index (χ0n) is 17.9. The smallest absolute Gasteiger partial charge is 0.240 e. The van der Waals surface area contributed by atoms with Crippen molar-refractivity contribution in [3.05, 3.63) is 40.9 Å². The van der Waals surface area contributed by atoms with Crippen LogP contribution in [0.2, 0.25) is 0 Å². The van der Waals surface area contributed by atoms with Crippen molar-refractivity contribution in [2.75, 3.05) is 6.61 Å². The summed E-state index contributed by atoms with van der Waals surface area (Å²) in [6.45, 7) is 6.33. The number of nitrogens with zero attached hydrogens (tertiary/aromatic N) is 1. The number of nitrogens with one attached hydrogen (secondary N) is 1. The maximum atomic E-state index is 11.9. The van der Waals surface area contributed by atoms with E-state index in [9.17, 15) is 4.79 Å². The number of carbonyl (C=O) groups excluding carboxylic acids is 1. The third-order valence-electron chi connectivity index (χ3n) is 4.73. The molecule has 162 valence electrons. The molecule has 0 radical (unpaired) electrons. The lowest BCUT2D eigenvalue weighted by Crippen LogP contribution is -2.17. The highest BCUT2D eigenvalue weighted by molar-refractivity contribution is 9.10. The highest BCUT2D eigenvalue weighted by atomic mass is 79.9. The highest BCUT2D eigenvalue weighted by Crippen LogP contribution is 2.21. The summed E-state index contributed by atoms with van der Waals surface area (Å²) in [5, 5.41) is 4.07. The van der Waals surface area contributed by atoms with Crippen LogP contribution < -0.4 is 10.2 Å². The minimum atomic E-state index is -0.0410. The summed E-state index contributed by atoms with van der Waals surface area (Å²) in [6.07, 6.45) is 17.9. The van der Waals surface area contributed by atoms with Crippen molar-refractivity contribution in [1.82, 2.24) is 5.43 Å². The number of benzene rings is 1. The Hall–Kier alpha value is -1.62. The van der Waals surface area contributed by atoms with Gasteiger partial charge in [-0.2, -0.15) is 5.10 Å². The molecule has 0 atom stereocenters. The lowest BCUT2D eigenvalue weighted by atomic mass is 10.1. The van der Waals surface area contributed by atoms with E-state index in [1.165, 1.54) is 57.8 Å². The molecule has 1 aromatic rings. The van der Waals surface area contributed by atoms with E-state index in [4.69, 9.17) is 4.74 Å². The molecule has 5 heteroatoms. The fraction of sp³-hybridized carbons (Fsp3) is 0.583. The molecule has 29 heavy (non-hydrogen) atoms. The normalized spacial score (nSPS) is 11.0. The second-order valence-electron chi connectivity index (χ2n) is 7.36. The Labute approximate surface area is 185 Å². The van der Waals surface area contributed by atoms with Crippen LogP contribution in [-0.4, -0.2) is 18.7 Å². The van der Waals surface area contributed by atoms with Crippen molar-refractivity contribution < 1.29 is 9.53 Å². The lowest BCUT2D eigenvalue weighted by molar-refractivity contribution is -0.121. The monoisotopic (exact) mass is 464 g/mol. The summed E-state index contributed by atoms with van der Waals surface area (Å²) in [6, 6.07) is 5.67. The SMILES string of the molecule is C=CCOc1ccc(Br)cc1C=NNC(=O)CCCCCCCCCCCCC. The standard InChI is InChI=1S/C24H37BrN2O2/c1-3-5-6-7-8-9-10-11-12-13-14-15-24(28)27-26-20-21-19-22(25)16-17-23(21)29-18-4-2/h4,16-17,19-20H,2-3,5-15,18H2,1H3,(H,27,28). The van der Waals surface area contributed by atoms with Crippen molar-refractivity contribution in [3.63, 3.8) is 0 Å². The second kappa shape index (κ2) is 17.3. The minimum Gasteiger partial charge on any atom is -0.489 e. The Morgan fingerprint density at radius 3 is 2.31 bits per heavy atom. The number of amides is 1. The predicted octanol–water partition coefficient (Wildman–Crippen LogP) is 7.17. The van der Waals surface area contributed by atoms with Crippen LogP contribution in [0.15, 0.2) is 40.4 Å². The largest absolute Gasteiger partial charge is 0.489 e. The van der Waals surface area contributed by atoms with Gasteiger partial charge < -0.3 is 4.74 Å². The number of hydrazone groups is 1. The highest BCUT2D eigenvalue weighted by Gasteiger charge is 2.03. The molecule has 0 heterocycles. The van der Waals surface area contributed by atoms with E-state index in [0.717, 1.165) is 22.9 Å². The van der Waals surface area contributed by atoms with E-state index < -0.39 is 0 Å². The molecule has 0 aromatic heterocycles. The van der Waals surface area contributed by atoms with Gasteiger partial charge in [0, 0.05) is 16.5 Å². The van der Waals surface area contributed by atoms with Crippen LogP contribution in [0.5, 0.6) is 5.75 Å². The molecule has 0 spiro atoms. The van der Waals surface area contributed by atoms with Gasteiger partial charge in [-0.1, -0.05) is 99.7 Å². The van der Waals surface area contributed by atoms with Crippen LogP contribution in [0.25, 0.3) is 0 Å². The van der Waals surface area contributed by atoms with Gasteiger partial charge in [0.15, 0.2) is 0 Å². The molecule has 1 N–H and O–H groups in total. The summed E-state index contributed by atoms with van der Waals surface area (Å²) in [5.41, 5.74) is 3.41. The molecular weight excluding hydrogens is 428 g/mol. The third-order valence-corrected chi connectivity index (χ3v) is 5.22. The quantitative estimate of drug-likeness (QED) is 0.115. The van der Waals surface area contributed by atoms with Gasteiger partial charge in [0.2, 0.25) is 5.91 Å². The number of halogens is 1. The molecule has 0 aliphatic heterocycles. The van der Waals surface area contributed by atoms with E-state index in [1.54, 1.807) is 12.3 Å². The summed E-state index contributed by atoms with van der Waals surface area (Å²) < 4.78 is 6.53. The van der Waals surface area contributed by atoms with Gasteiger partial charge in [-0.3, -0.25) is 4.79 Å². The van der Waals surface area contributed by atoms with E-state index in [-0.39, 0.29) is 5.91 Å². The minimum absolute atomic E-state index is 0.0410. The van der Waals surface area contributed by atoms with Crippen LogP contribution in [0.1, 0.15) is 89.5 Å². The van der Waals surface area contributed by atoms with Gasteiger partial charge in [0.05, 0.1) is 6.21 Å². The third kappa shape index (κ3) is 13.3. The predicted molar refractivity (Wildman–Crippen MR) is 127 cm³/mol. The van der Waals surface area contributed by atoms with Crippen molar-refractivity contribution in [2.45, 2.75) is 84.0 Å². The Kier molecular flexibility index (Phi) is 15.1. The Morgan fingerprint density at radius 2 is 1.69 bits per heavy atom. The van der Waals surface area contributed by atoms with E-state index >= 15 is 0 Å². The van der Waals surface area contributed by atoms with E-state index in [1.807, 2.05) is 18.2 Å². The van der Waals surface area contributed by atoms with Crippen LogP contribution >= 0.6 is 15.9 Å². The van der Waals surface area contributed by atoms with Gasteiger partial charge in [0.1, 0.15) is 12.4 Å². The molecule has 0 aliphatic carbocycles.